The predicted molar refractivity (Wildman–Crippen MR) is 78.0 cm³/mol. The number of hydrogen-bond donors (Lipinski definition) is 0. The molecule has 0 unspecified atom stereocenters. The number of ether oxygens (including phenoxy) is 3. The van der Waals surface area contributed by atoms with E-state index in [9.17, 15) is 22.8 Å². The zero-order chi connectivity index (χ0) is 18.3. The van der Waals surface area contributed by atoms with Crippen molar-refractivity contribution in [1.82, 2.24) is 0 Å². The molecule has 0 aliphatic heterocycles. The van der Waals surface area contributed by atoms with Crippen molar-refractivity contribution < 1.29 is 37.0 Å². The van der Waals surface area contributed by atoms with Crippen molar-refractivity contribution in [3.05, 3.63) is 61.1 Å². The maximum absolute atomic E-state index is 13.1. The highest BCUT2D eigenvalue weighted by Crippen LogP contribution is 2.38. The Hall–Kier alpha value is -3.03. The predicted octanol–water partition coefficient (Wildman–Crippen LogP) is 3.77. The van der Waals surface area contributed by atoms with Crippen LogP contribution in [0.3, 0.4) is 0 Å². The molecule has 0 saturated carbocycles. The number of rotatable bonds is 6. The SMILES string of the molecule is C=CC(=O)OC=COc1ccc(OC(=O)C(=C)C)c(C(F)(F)F)c1. The van der Waals surface area contributed by atoms with E-state index in [-0.39, 0.29) is 11.3 Å². The maximum Gasteiger partial charge on any atom is 0.420 e. The standard InChI is InChI=1S/C16H13F3O5/c1-4-14(20)23-8-7-22-11-5-6-13(24-15(21)10(2)3)12(9-11)16(17,18)19/h4-9H,1-2H2,3H3. The summed E-state index contributed by atoms with van der Waals surface area (Å²) in [5.74, 6) is -2.62. The third-order valence-corrected chi connectivity index (χ3v) is 2.42. The summed E-state index contributed by atoms with van der Waals surface area (Å²) < 4.78 is 53.1. The highest BCUT2D eigenvalue weighted by Gasteiger charge is 2.35. The van der Waals surface area contributed by atoms with Crippen LogP contribution in [-0.4, -0.2) is 11.9 Å². The van der Waals surface area contributed by atoms with E-state index in [1.807, 2.05) is 0 Å². The molecule has 0 atom stereocenters. The summed E-state index contributed by atoms with van der Waals surface area (Å²) in [6, 6.07) is 2.72. The molecule has 0 aliphatic rings. The number of carbonyl (C=O) groups is 2. The Morgan fingerprint density at radius 3 is 2.42 bits per heavy atom. The fourth-order valence-electron chi connectivity index (χ4n) is 1.33. The summed E-state index contributed by atoms with van der Waals surface area (Å²) in [4.78, 5) is 22.2. The van der Waals surface area contributed by atoms with Gasteiger partial charge in [-0.15, -0.1) is 0 Å². The van der Waals surface area contributed by atoms with Crippen molar-refractivity contribution in [2.45, 2.75) is 13.1 Å². The van der Waals surface area contributed by atoms with Gasteiger partial charge in [0.2, 0.25) is 0 Å². The minimum absolute atomic E-state index is 0.0459. The smallest absolute Gasteiger partial charge is 0.420 e. The summed E-state index contributed by atoms with van der Waals surface area (Å²) in [6.45, 7) is 7.76. The van der Waals surface area contributed by atoms with Crippen molar-refractivity contribution in [3.63, 3.8) is 0 Å². The Labute approximate surface area is 135 Å². The molecular formula is C16H13F3O5. The highest BCUT2D eigenvalue weighted by molar-refractivity contribution is 5.89. The van der Waals surface area contributed by atoms with Gasteiger partial charge in [-0.05, 0) is 25.1 Å². The summed E-state index contributed by atoms with van der Waals surface area (Å²) in [5.41, 5.74) is -1.25. The van der Waals surface area contributed by atoms with E-state index >= 15 is 0 Å². The van der Waals surface area contributed by atoms with Gasteiger partial charge in [-0.2, -0.15) is 13.2 Å². The van der Waals surface area contributed by atoms with Gasteiger partial charge in [0.05, 0.1) is 0 Å². The zero-order valence-electron chi connectivity index (χ0n) is 12.6. The molecule has 0 bridgehead atoms. The lowest BCUT2D eigenvalue weighted by Crippen LogP contribution is -2.14. The molecule has 8 heteroatoms. The van der Waals surface area contributed by atoms with Crippen LogP contribution >= 0.6 is 0 Å². The van der Waals surface area contributed by atoms with Crippen LogP contribution in [0.2, 0.25) is 0 Å². The molecule has 1 aromatic carbocycles. The molecule has 0 aliphatic carbocycles. The fourth-order valence-corrected chi connectivity index (χ4v) is 1.33. The van der Waals surface area contributed by atoms with E-state index in [0.717, 1.165) is 30.7 Å². The van der Waals surface area contributed by atoms with Gasteiger partial charge in [-0.1, -0.05) is 13.2 Å². The molecule has 0 spiro atoms. The molecule has 24 heavy (non-hydrogen) atoms. The third kappa shape index (κ3) is 5.64. The molecule has 128 valence electrons. The number of hydrogen-bond acceptors (Lipinski definition) is 5. The molecule has 0 N–H and O–H groups in total. The normalized spacial score (nSPS) is 11.0. The first-order chi connectivity index (χ1) is 11.1. The number of alkyl halides is 3. The first-order valence-electron chi connectivity index (χ1n) is 6.38. The minimum atomic E-state index is -4.77. The van der Waals surface area contributed by atoms with Crippen LogP contribution < -0.4 is 9.47 Å². The second-order valence-corrected chi connectivity index (χ2v) is 4.36. The lowest BCUT2D eigenvalue weighted by molar-refractivity contribution is -0.141. The van der Waals surface area contributed by atoms with Gasteiger partial charge >= 0.3 is 18.1 Å². The molecule has 0 aromatic heterocycles. The van der Waals surface area contributed by atoms with Gasteiger partial charge in [0.15, 0.2) is 0 Å². The van der Waals surface area contributed by atoms with E-state index in [0.29, 0.717) is 6.07 Å². The Morgan fingerprint density at radius 2 is 1.88 bits per heavy atom. The quantitative estimate of drug-likeness (QED) is 0.341. The second kappa shape index (κ2) is 8.00. The monoisotopic (exact) mass is 342 g/mol. The number of carbonyl (C=O) groups excluding carboxylic acids is 2. The van der Waals surface area contributed by atoms with Crippen LogP contribution in [0.15, 0.2) is 55.5 Å². The van der Waals surface area contributed by atoms with Crippen molar-refractivity contribution >= 4 is 11.9 Å². The van der Waals surface area contributed by atoms with Crippen LogP contribution in [-0.2, 0) is 20.5 Å². The average Bonchev–Trinajstić information content (AvgIpc) is 2.51. The molecule has 1 rings (SSSR count). The highest BCUT2D eigenvalue weighted by atomic mass is 19.4. The van der Waals surface area contributed by atoms with Gasteiger partial charge in [-0.25, -0.2) is 9.59 Å². The Balaban J connectivity index is 2.98. The Bertz CT molecular complexity index is 689. The van der Waals surface area contributed by atoms with Crippen LogP contribution in [0.4, 0.5) is 13.2 Å². The van der Waals surface area contributed by atoms with Crippen molar-refractivity contribution in [3.8, 4) is 11.5 Å². The molecule has 0 fully saturated rings. The van der Waals surface area contributed by atoms with Gasteiger partial charge in [-0.3, -0.25) is 0 Å². The lowest BCUT2D eigenvalue weighted by Gasteiger charge is -2.14. The van der Waals surface area contributed by atoms with Crippen LogP contribution in [0.25, 0.3) is 0 Å². The summed E-state index contributed by atoms with van der Waals surface area (Å²) in [5, 5.41) is 0. The molecule has 0 saturated heterocycles. The second-order valence-electron chi connectivity index (χ2n) is 4.36. The Morgan fingerprint density at radius 1 is 1.21 bits per heavy atom. The molecule has 0 amide bonds. The molecule has 1 aromatic rings. The molecular weight excluding hydrogens is 329 g/mol. The van der Waals surface area contributed by atoms with Crippen molar-refractivity contribution in [1.29, 1.82) is 0 Å². The average molecular weight is 342 g/mol. The molecule has 0 radical (unpaired) electrons. The van der Waals surface area contributed by atoms with Gasteiger partial charge in [0.1, 0.15) is 29.6 Å². The van der Waals surface area contributed by atoms with Gasteiger partial charge in [0.25, 0.3) is 0 Å². The van der Waals surface area contributed by atoms with Crippen LogP contribution in [0.5, 0.6) is 11.5 Å². The third-order valence-electron chi connectivity index (χ3n) is 2.42. The van der Waals surface area contributed by atoms with Gasteiger partial charge < -0.3 is 14.2 Å². The largest absolute Gasteiger partial charge is 0.462 e. The van der Waals surface area contributed by atoms with E-state index in [4.69, 9.17) is 4.74 Å². The molecule has 5 nitrogen and oxygen atoms in total. The van der Waals surface area contributed by atoms with E-state index in [2.05, 4.69) is 22.6 Å². The van der Waals surface area contributed by atoms with Crippen LogP contribution in [0, 0.1) is 0 Å². The van der Waals surface area contributed by atoms with E-state index in [1.165, 1.54) is 6.92 Å². The summed E-state index contributed by atoms with van der Waals surface area (Å²) in [7, 11) is 0. The summed E-state index contributed by atoms with van der Waals surface area (Å²) in [6.07, 6.45) is -2.16. The van der Waals surface area contributed by atoms with Gasteiger partial charge in [0, 0.05) is 11.6 Å². The first kappa shape index (κ1) is 19.0. The van der Waals surface area contributed by atoms with Crippen LogP contribution in [0.1, 0.15) is 12.5 Å². The van der Waals surface area contributed by atoms with Crippen molar-refractivity contribution in [2.24, 2.45) is 0 Å². The number of benzene rings is 1. The Kier molecular flexibility index (Phi) is 6.34. The first-order valence-corrected chi connectivity index (χ1v) is 6.38. The minimum Gasteiger partial charge on any atom is -0.462 e. The lowest BCUT2D eigenvalue weighted by atomic mass is 10.2. The van der Waals surface area contributed by atoms with E-state index in [1.54, 1.807) is 0 Å². The number of esters is 2. The van der Waals surface area contributed by atoms with E-state index < -0.39 is 29.4 Å². The number of halogens is 3. The fraction of sp³-hybridized carbons (Fsp3) is 0.125. The zero-order valence-corrected chi connectivity index (χ0v) is 12.6. The van der Waals surface area contributed by atoms with Crippen molar-refractivity contribution in [2.75, 3.05) is 0 Å². The topological polar surface area (TPSA) is 61.8 Å². The summed E-state index contributed by atoms with van der Waals surface area (Å²) >= 11 is 0. The molecule has 0 heterocycles. The maximum atomic E-state index is 13.1.